The lowest BCUT2D eigenvalue weighted by molar-refractivity contribution is -0.0391. The molecule has 2 heterocycles. The van der Waals surface area contributed by atoms with Gasteiger partial charge in [-0.15, -0.1) is 0 Å². The zero-order valence-corrected chi connectivity index (χ0v) is 10.8. The van der Waals surface area contributed by atoms with Gasteiger partial charge < -0.3 is 9.47 Å². The molecule has 1 amide bonds. The lowest BCUT2D eigenvalue weighted by atomic mass is 9.90. The molecule has 0 saturated carbocycles. The quantitative estimate of drug-likeness (QED) is 0.766. The van der Waals surface area contributed by atoms with Gasteiger partial charge in [-0.1, -0.05) is 30.3 Å². The summed E-state index contributed by atoms with van der Waals surface area (Å²) in [6.45, 7) is 6.30. The number of fused-ring (bicyclic) bond motifs is 1. The van der Waals surface area contributed by atoms with Crippen LogP contribution in [-0.2, 0) is 9.47 Å². The van der Waals surface area contributed by atoms with E-state index in [9.17, 15) is 4.79 Å². The first kappa shape index (κ1) is 11.5. The Bertz CT molecular complexity index is 485. The summed E-state index contributed by atoms with van der Waals surface area (Å²) in [6, 6.07) is 9.83. The van der Waals surface area contributed by atoms with E-state index in [0.29, 0.717) is 6.61 Å². The molecule has 4 heteroatoms. The molecule has 2 aliphatic heterocycles. The summed E-state index contributed by atoms with van der Waals surface area (Å²) < 4.78 is 11.3. The highest BCUT2D eigenvalue weighted by Crippen LogP contribution is 2.49. The molecule has 2 saturated heterocycles. The Morgan fingerprint density at radius 2 is 1.89 bits per heavy atom. The third-order valence-electron chi connectivity index (χ3n) is 3.84. The molecular weight excluding hydrogens is 230 g/mol. The van der Waals surface area contributed by atoms with E-state index in [-0.39, 0.29) is 12.2 Å². The average molecular weight is 247 g/mol. The van der Waals surface area contributed by atoms with Gasteiger partial charge in [0.1, 0.15) is 11.3 Å². The fraction of sp³-hybridized carbons (Fsp3) is 0.500. The third kappa shape index (κ3) is 1.38. The highest BCUT2D eigenvalue weighted by atomic mass is 16.6. The van der Waals surface area contributed by atoms with Crippen molar-refractivity contribution >= 4 is 6.09 Å². The third-order valence-corrected chi connectivity index (χ3v) is 3.84. The van der Waals surface area contributed by atoms with Crippen molar-refractivity contribution in [1.82, 2.24) is 4.90 Å². The predicted molar refractivity (Wildman–Crippen MR) is 65.9 cm³/mol. The van der Waals surface area contributed by atoms with Gasteiger partial charge >= 0.3 is 6.09 Å². The molecule has 0 bridgehead atoms. The maximum Gasteiger partial charge on any atom is 0.413 e. The molecular formula is C14H17NO3. The molecule has 96 valence electrons. The second kappa shape index (κ2) is 3.48. The lowest BCUT2D eigenvalue weighted by Crippen LogP contribution is -2.49. The zero-order valence-electron chi connectivity index (χ0n) is 10.8. The number of hydrogen-bond donors (Lipinski definition) is 0. The standard InChI is InChI=1S/C14H17NO3/c1-13(2)15-12(16)18-11(14(15,3)9-17-13)10-7-5-4-6-8-10/h4-8,11H,9H2,1-3H3/t11-,14+/m1/s1. The zero-order chi connectivity index (χ0) is 13.0. The van der Waals surface area contributed by atoms with Crippen LogP contribution < -0.4 is 0 Å². The van der Waals surface area contributed by atoms with Gasteiger partial charge in [-0.2, -0.15) is 0 Å². The van der Waals surface area contributed by atoms with Crippen molar-refractivity contribution in [1.29, 1.82) is 0 Å². The first-order valence-corrected chi connectivity index (χ1v) is 6.15. The Morgan fingerprint density at radius 3 is 2.56 bits per heavy atom. The summed E-state index contributed by atoms with van der Waals surface area (Å²) in [6.07, 6.45) is -0.568. The molecule has 0 aromatic heterocycles. The van der Waals surface area contributed by atoms with Crippen molar-refractivity contribution in [2.75, 3.05) is 6.61 Å². The van der Waals surface area contributed by atoms with Crippen LogP contribution in [0.15, 0.2) is 30.3 Å². The minimum atomic E-state index is -0.602. The number of benzene rings is 1. The molecule has 2 aliphatic rings. The van der Waals surface area contributed by atoms with Gasteiger partial charge in [0.05, 0.1) is 6.61 Å². The number of rotatable bonds is 1. The Balaban J connectivity index is 2.03. The SMILES string of the molecule is CC1(C)OC[C@@]2(C)[C@@H](c3ccccc3)OC(=O)N12. The summed E-state index contributed by atoms with van der Waals surface area (Å²) >= 11 is 0. The van der Waals surface area contributed by atoms with E-state index in [2.05, 4.69) is 0 Å². The number of ether oxygens (including phenoxy) is 2. The maximum atomic E-state index is 12.1. The molecule has 3 rings (SSSR count). The number of hydrogen-bond acceptors (Lipinski definition) is 3. The summed E-state index contributed by atoms with van der Waals surface area (Å²) in [7, 11) is 0. The molecule has 0 unspecified atom stereocenters. The topological polar surface area (TPSA) is 38.8 Å². The van der Waals surface area contributed by atoms with E-state index in [1.54, 1.807) is 4.90 Å². The number of nitrogens with zero attached hydrogens (tertiary/aromatic N) is 1. The highest BCUT2D eigenvalue weighted by Gasteiger charge is 2.62. The fourth-order valence-electron chi connectivity index (χ4n) is 3.02. The van der Waals surface area contributed by atoms with Gasteiger partial charge in [-0.05, 0) is 26.3 Å². The van der Waals surface area contributed by atoms with Crippen molar-refractivity contribution in [3.8, 4) is 0 Å². The van der Waals surface area contributed by atoms with Crippen LogP contribution in [0.3, 0.4) is 0 Å². The van der Waals surface area contributed by atoms with Gasteiger partial charge in [0.2, 0.25) is 0 Å². The van der Waals surface area contributed by atoms with E-state index < -0.39 is 11.3 Å². The predicted octanol–water partition coefficient (Wildman–Crippen LogP) is 2.70. The van der Waals surface area contributed by atoms with Crippen molar-refractivity contribution in [2.24, 2.45) is 0 Å². The van der Waals surface area contributed by atoms with E-state index in [1.807, 2.05) is 51.1 Å². The molecule has 2 atom stereocenters. The molecule has 0 radical (unpaired) electrons. The number of carbonyl (C=O) groups excluding carboxylic acids is 1. The van der Waals surface area contributed by atoms with Crippen molar-refractivity contribution in [2.45, 2.75) is 38.1 Å². The summed E-state index contributed by atoms with van der Waals surface area (Å²) in [5.74, 6) is 0. The Morgan fingerprint density at radius 1 is 1.22 bits per heavy atom. The Kier molecular flexibility index (Phi) is 2.23. The monoisotopic (exact) mass is 247 g/mol. The summed E-state index contributed by atoms with van der Waals surface area (Å²) in [5, 5.41) is 0. The van der Waals surface area contributed by atoms with E-state index in [1.165, 1.54) is 0 Å². The first-order chi connectivity index (χ1) is 8.45. The maximum absolute atomic E-state index is 12.1. The van der Waals surface area contributed by atoms with Gasteiger partial charge in [0.15, 0.2) is 6.10 Å². The van der Waals surface area contributed by atoms with Gasteiger partial charge in [0.25, 0.3) is 0 Å². The van der Waals surface area contributed by atoms with Gasteiger partial charge in [-0.3, -0.25) is 4.90 Å². The Labute approximate surface area is 106 Å². The van der Waals surface area contributed by atoms with Crippen LogP contribution in [0.4, 0.5) is 4.79 Å². The smallest absolute Gasteiger partial charge is 0.413 e. The van der Waals surface area contributed by atoms with Crippen molar-refractivity contribution < 1.29 is 14.3 Å². The summed E-state index contributed by atoms with van der Waals surface area (Å²) in [4.78, 5) is 13.8. The van der Waals surface area contributed by atoms with Crippen molar-refractivity contribution in [3.05, 3.63) is 35.9 Å². The van der Waals surface area contributed by atoms with Crippen LogP contribution in [0, 0.1) is 0 Å². The lowest BCUT2D eigenvalue weighted by Gasteiger charge is -2.32. The number of carbonyl (C=O) groups is 1. The molecule has 0 aliphatic carbocycles. The fourth-order valence-corrected chi connectivity index (χ4v) is 3.02. The van der Waals surface area contributed by atoms with Crippen LogP contribution in [0.2, 0.25) is 0 Å². The minimum absolute atomic E-state index is 0.270. The second-order valence-corrected chi connectivity index (χ2v) is 5.60. The molecule has 4 nitrogen and oxygen atoms in total. The number of cyclic esters (lactones) is 1. The summed E-state index contributed by atoms with van der Waals surface area (Å²) in [5.41, 5.74) is -0.0192. The molecule has 18 heavy (non-hydrogen) atoms. The van der Waals surface area contributed by atoms with E-state index in [4.69, 9.17) is 9.47 Å². The van der Waals surface area contributed by atoms with Crippen molar-refractivity contribution in [3.63, 3.8) is 0 Å². The Hall–Kier alpha value is -1.55. The van der Waals surface area contributed by atoms with Crippen LogP contribution >= 0.6 is 0 Å². The van der Waals surface area contributed by atoms with Crippen LogP contribution in [-0.4, -0.2) is 28.9 Å². The van der Waals surface area contributed by atoms with Gasteiger partial charge in [0, 0.05) is 0 Å². The normalized spacial score (nSPS) is 33.4. The molecule has 0 spiro atoms. The minimum Gasteiger partial charge on any atom is -0.439 e. The molecule has 2 fully saturated rings. The highest BCUT2D eigenvalue weighted by molar-refractivity contribution is 5.73. The van der Waals surface area contributed by atoms with E-state index in [0.717, 1.165) is 5.56 Å². The first-order valence-electron chi connectivity index (χ1n) is 6.15. The number of amides is 1. The molecule has 1 aromatic carbocycles. The second-order valence-electron chi connectivity index (χ2n) is 5.60. The van der Waals surface area contributed by atoms with Crippen LogP contribution in [0.1, 0.15) is 32.4 Å². The average Bonchev–Trinajstić information content (AvgIpc) is 2.74. The largest absolute Gasteiger partial charge is 0.439 e. The van der Waals surface area contributed by atoms with Crippen LogP contribution in [0.5, 0.6) is 0 Å². The van der Waals surface area contributed by atoms with Gasteiger partial charge in [-0.25, -0.2) is 4.79 Å². The molecule has 0 N–H and O–H groups in total. The van der Waals surface area contributed by atoms with Crippen LogP contribution in [0.25, 0.3) is 0 Å². The molecule has 1 aromatic rings. The van der Waals surface area contributed by atoms with E-state index >= 15 is 0 Å².